The van der Waals surface area contributed by atoms with Crippen LogP contribution in [0.4, 0.5) is 5.69 Å². The van der Waals surface area contributed by atoms with Crippen molar-refractivity contribution in [2.45, 2.75) is 6.92 Å². The Morgan fingerprint density at radius 2 is 1.95 bits per heavy atom. The highest BCUT2D eigenvalue weighted by atomic mass is 35.5. The molecule has 2 N–H and O–H groups in total. The Morgan fingerprint density at radius 1 is 1.21 bits per heavy atom. The monoisotopic (exact) mass is 275 g/mol. The summed E-state index contributed by atoms with van der Waals surface area (Å²) in [5.41, 5.74) is 7.17. The van der Waals surface area contributed by atoms with E-state index >= 15 is 0 Å². The number of carbonyl (C=O) groups excluding carboxylic acids is 1. The molecule has 0 aromatic heterocycles. The average Bonchev–Trinajstić information content (AvgIpc) is 2.42. The molecular formula is C15H14ClNO2. The van der Waals surface area contributed by atoms with Crippen LogP contribution in [0.5, 0.6) is 5.75 Å². The Kier molecular flexibility index (Phi) is 4.07. The van der Waals surface area contributed by atoms with Gasteiger partial charge in [0.25, 0.3) is 0 Å². The van der Waals surface area contributed by atoms with E-state index < -0.39 is 0 Å². The van der Waals surface area contributed by atoms with E-state index in [4.69, 9.17) is 22.1 Å². The minimum atomic E-state index is -0.107. The smallest absolute Gasteiger partial charge is 0.193 e. The minimum Gasteiger partial charge on any atom is -0.494 e. The van der Waals surface area contributed by atoms with Gasteiger partial charge in [0.05, 0.1) is 17.3 Å². The number of ether oxygens (including phenoxy) is 1. The molecule has 0 atom stereocenters. The van der Waals surface area contributed by atoms with Crippen molar-refractivity contribution in [2.75, 3.05) is 12.3 Å². The fourth-order valence-corrected chi connectivity index (χ4v) is 1.86. The third kappa shape index (κ3) is 3.06. The number of hydrogen-bond acceptors (Lipinski definition) is 3. The third-order valence-corrected chi connectivity index (χ3v) is 3.01. The number of rotatable bonds is 4. The van der Waals surface area contributed by atoms with Crippen molar-refractivity contribution in [3.8, 4) is 5.75 Å². The van der Waals surface area contributed by atoms with Crippen molar-refractivity contribution in [2.24, 2.45) is 0 Å². The molecule has 0 radical (unpaired) electrons. The first-order valence-corrected chi connectivity index (χ1v) is 6.32. The normalized spacial score (nSPS) is 10.2. The highest BCUT2D eigenvalue weighted by Gasteiger charge is 2.11. The summed E-state index contributed by atoms with van der Waals surface area (Å²) < 4.78 is 5.38. The van der Waals surface area contributed by atoms with Crippen LogP contribution in [0.1, 0.15) is 22.8 Å². The largest absolute Gasteiger partial charge is 0.494 e. The van der Waals surface area contributed by atoms with Gasteiger partial charge in [0.2, 0.25) is 0 Å². The number of nitrogens with two attached hydrogens (primary N) is 1. The van der Waals surface area contributed by atoms with Gasteiger partial charge < -0.3 is 10.5 Å². The highest BCUT2D eigenvalue weighted by Crippen LogP contribution is 2.22. The van der Waals surface area contributed by atoms with Crippen LogP contribution in [0.3, 0.4) is 0 Å². The summed E-state index contributed by atoms with van der Waals surface area (Å²) >= 11 is 5.84. The van der Waals surface area contributed by atoms with Crippen LogP contribution in [0, 0.1) is 0 Å². The second kappa shape index (κ2) is 5.76. The number of carbonyl (C=O) groups is 1. The van der Waals surface area contributed by atoms with Gasteiger partial charge in [-0.1, -0.05) is 23.7 Å². The van der Waals surface area contributed by atoms with Crippen molar-refractivity contribution in [3.63, 3.8) is 0 Å². The van der Waals surface area contributed by atoms with Crippen LogP contribution in [0.15, 0.2) is 42.5 Å². The zero-order chi connectivity index (χ0) is 13.8. The summed E-state index contributed by atoms with van der Waals surface area (Å²) in [6.07, 6.45) is 0. The molecule has 0 aliphatic carbocycles. The molecule has 0 amide bonds. The molecule has 0 saturated carbocycles. The second-order valence-electron chi connectivity index (χ2n) is 4.03. The zero-order valence-corrected chi connectivity index (χ0v) is 11.3. The molecular weight excluding hydrogens is 262 g/mol. The molecule has 2 aromatic rings. The summed E-state index contributed by atoms with van der Waals surface area (Å²) in [4.78, 5) is 12.3. The lowest BCUT2D eigenvalue weighted by Crippen LogP contribution is -2.03. The molecule has 19 heavy (non-hydrogen) atoms. The van der Waals surface area contributed by atoms with Crippen molar-refractivity contribution >= 4 is 23.1 Å². The number of anilines is 1. The van der Waals surface area contributed by atoms with E-state index in [-0.39, 0.29) is 5.78 Å². The maximum Gasteiger partial charge on any atom is 0.193 e. The van der Waals surface area contributed by atoms with Crippen LogP contribution >= 0.6 is 11.6 Å². The van der Waals surface area contributed by atoms with Gasteiger partial charge in [-0.15, -0.1) is 0 Å². The van der Waals surface area contributed by atoms with E-state index in [2.05, 4.69) is 0 Å². The second-order valence-corrected chi connectivity index (χ2v) is 4.43. The molecule has 0 fully saturated rings. The van der Waals surface area contributed by atoms with E-state index in [0.29, 0.717) is 34.2 Å². The Hall–Kier alpha value is -2.00. The van der Waals surface area contributed by atoms with Gasteiger partial charge in [0.15, 0.2) is 5.78 Å². The van der Waals surface area contributed by atoms with Gasteiger partial charge in [-0.3, -0.25) is 4.79 Å². The molecule has 2 aromatic carbocycles. The van der Waals surface area contributed by atoms with Crippen LogP contribution in [-0.2, 0) is 0 Å². The van der Waals surface area contributed by atoms with E-state index in [1.54, 1.807) is 36.4 Å². The molecule has 0 aliphatic rings. The maximum absolute atomic E-state index is 12.3. The van der Waals surface area contributed by atoms with Gasteiger partial charge in [-0.25, -0.2) is 0 Å². The Bertz CT molecular complexity index is 611. The molecule has 0 heterocycles. The third-order valence-electron chi connectivity index (χ3n) is 2.67. The van der Waals surface area contributed by atoms with Crippen molar-refractivity contribution in [1.82, 2.24) is 0 Å². The summed E-state index contributed by atoms with van der Waals surface area (Å²) in [5.74, 6) is 0.570. The van der Waals surface area contributed by atoms with Gasteiger partial charge in [-0.2, -0.15) is 0 Å². The molecule has 0 aliphatic heterocycles. The number of nitrogen functional groups attached to an aromatic ring is 1. The predicted molar refractivity (Wildman–Crippen MR) is 76.9 cm³/mol. The van der Waals surface area contributed by atoms with Gasteiger partial charge in [-0.05, 0) is 37.3 Å². The van der Waals surface area contributed by atoms with E-state index in [1.165, 1.54) is 0 Å². The molecule has 0 saturated heterocycles. The topological polar surface area (TPSA) is 52.3 Å². The van der Waals surface area contributed by atoms with Crippen LogP contribution in [0.25, 0.3) is 0 Å². The maximum atomic E-state index is 12.3. The Labute approximate surface area is 117 Å². The lowest BCUT2D eigenvalue weighted by molar-refractivity contribution is 0.103. The number of hydrogen-bond donors (Lipinski definition) is 1. The lowest BCUT2D eigenvalue weighted by Gasteiger charge is -2.06. The number of benzene rings is 2. The van der Waals surface area contributed by atoms with Gasteiger partial charge in [0, 0.05) is 11.1 Å². The number of ketones is 1. The first-order chi connectivity index (χ1) is 9.11. The van der Waals surface area contributed by atoms with Gasteiger partial charge in [0.1, 0.15) is 5.75 Å². The van der Waals surface area contributed by atoms with Crippen molar-refractivity contribution < 1.29 is 9.53 Å². The molecule has 98 valence electrons. The van der Waals surface area contributed by atoms with E-state index in [9.17, 15) is 4.79 Å². The predicted octanol–water partition coefficient (Wildman–Crippen LogP) is 3.55. The summed E-state index contributed by atoms with van der Waals surface area (Å²) in [6, 6.07) is 11.9. The fourth-order valence-electron chi connectivity index (χ4n) is 1.75. The molecule has 0 spiro atoms. The van der Waals surface area contributed by atoms with Crippen LogP contribution in [0.2, 0.25) is 5.02 Å². The first-order valence-electron chi connectivity index (χ1n) is 5.94. The number of halogens is 1. The Morgan fingerprint density at radius 3 is 2.63 bits per heavy atom. The van der Waals surface area contributed by atoms with Crippen LogP contribution in [-0.4, -0.2) is 12.4 Å². The Balaban J connectivity index is 2.32. The fraction of sp³-hybridized carbons (Fsp3) is 0.133. The molecule has 0 bridgehead atoms. The van der Waals surface area contributed by atoms with Crippen molar-refractivity contribution in [1.29, 1.82) is 0 Å². The molecule has 0 unspecified atom stereocenters. The summed E-state index contributed by atoms with van der Waals surface area (Å²) in [6.45, 7) is 2.46. The summed E-state index contributed by atoms with van der Waals surface area (Å²) in [5, 5.41) is 0.444. The quantitative estimate of drug-likeness (QED) is 0.686. The average molecular weight is 276 g/mol. The van der Waals surface area contributed by atoms with Gasteiger partial charge >= 0.3 is 0 Å². The van der Waals surface area contributed by atoms with E-state index in [1.807, 2.05) is 13.0 Å². The summed E-state index contributed by atoms with van der Waals surface area (Å²) in [7, 11) is 0. The standard InChI is InChI=1S/C15H14ClNO2/c1-2-19-12-5-3-4-10(8-12)15(18)11-6-7-13(16)14(17)9-11/h3-9H,2,17H2,1H3. The highest BCUT2D eigenvalue weighted by molar-refractivity contribution is 6.33. The van der Waals surface area contributed by atoms with Crippen molar-refractivity contribution in [3.05, 3.63) is 58.6 Å². The van der Waals surface area contributed by atoms with E-state index in [0.717, 1.165) is 0 Å². The molecule has 3 nitrogen and oxygen atoms in total. The van der Waals surface area contributed by atoms with Crippen LogP contribution < -0.4 is 10.5 Å². The zero-order valence-electron chi connectivity index (χ0n) is 10.5. The first kappa shape index (κ1) is 13.4. The molecule has 4 heteroatoms. The SMILES string of the molecule is CCOc1cccc(C(=O)c2ccc(Cl)c(N)c2)c1. The lowest BCUT2D eigenvalue weighted by atomic mass is 10.0. The minimum absolute atomic E-state index is 0.107. The molecule has 2 rings (SSSR count).